The molecule has 0 radical (unpaired) electrons. The standard InChI is InChI=1S/C11H16ClN3/c1-8(2)9-3-4-15(7-9)11-6-13-5-10(12)14-11/h5-6,8-9H,3-4,7H2,1-2H3. The first kappa shape index (κ1) is 10.7. The van der Waals surface area contributed by atoms with Crippen LogP contribution in [0.3, 0.4) is 0 Å². The summed E-state index contributed by atoms with van der Waals surface area (Å²) < 4.78 is 0. The van der Waals surface area contributed by atoms with Crippen molar-refractivity contribution in [3.63, 3.8) is 0 Å². The SMILES string of the molecule is CC(C)C1CCN(c2cncc(Cl)n2)C1. The molecule has 4 heteroatoms. The van der Waals surface area contributed by atoms with E-state index in [1.165, 1.54) is 6.42 Å². The normalized spacial score (nSPS) is 21.3. The van der Waals surface area contributed by atoms with Crippen LogP contribution in [-0.4, -0.2) is 23.1 Å². The Morgan fingerprint density at radius 2 is 2.27 bits per heavy atom. The van der Waals surface area contributed by atoms with Gasteiger partial charge in [0.05, 0.1) is 12.4 Å². The van der Waals surface area contributed by atoms with Crippen molar-refractivity contribution < 1.29 is 0 Å². The Bertz CT molecular complexity index is 340. The molecule has 0 saturated carbocycles. The van der Waals surface area contributed by atoms with Gasteiger partial charge in [-0.05, 0) is 18.3 Å². The van der Waals surface area contributed by atoms with E-state index >= 15 is 0 Å². The lowest BCUT2D eigenvalue weighted by molar-refractivity contribution is 0.422. The van der Waals surface area contributed by atoms with Gasteiger partial charge in [0.1, 0.15) is 11.0 Å². The third kappa shape index (κ3) is 2.40. The molecular weight excluding hydrogens is 210 g/mol. The smallest absolute Gasteiger partial charge is 0.149 e. The lowest BCUT2D eigenvalue weighted by Gasteiger charge is -2.18. The van der Waals surface area contributed by atoms with Gasteiger partial charge in [0.25, 0.3) is 0 Å². The number of hydrogen-bond donors (Lipinski definition) is 0. The summed E-state index contributed by atoms with van der Waals surface area (Å²) in [5.41, 5.74) is 0. The molecule has 82 valence electrons. The lowest BCUT2D eigenvalue weighted by atomic mass is 9.95. The fourth-order valence-electron chi connectivity index (χ4n) is 2.02. The second-order valence-corrected chi connectivity index (χ2v) is 4.83. The van der Waals surface area contributed by atoms with Crippen molar-refractivity contribution in [3.05, 3.63) is 17.5 Å². The Morgan fingerprint density at radius 1 is 1.47 bits per heavy atom. The number of rotatable bonds is 2. The van der Waals surface area contributed by atoms with Crippen molar-refractivity contribution in [1.82, 2.24) is 9.97 Å². The highest BCUT2D eigenvalue weighted by molar-refractivity contribution is 6.29. The highest BCUT2D eigenvalue weighted by atomic mass is 35.5. The predicted molar refractivity (Wildman–Crippen MR) is 62.2 cm³/mol. The van der Waals surface area contributed by atoms with E-state index in [1.54, 1.807) is 12.4 Å². The fraction of sp³-hybridized carbons (Fsp3) is 0.636. The van der Waals surface area contributed by atoms with E-state index in [1.807, 2.05) is 0 Å². The number of hydrogen-bond acceptors (Lipinski definition) is 3. The molecule has 1 unspecified atom stereocenters. The third-order valence-corrected chi connectivity index (χ3v) is 3.27. The van der Waals surface area contributed by atoms with Gasteiger partial charge in [0.15, 0.2) is 0 Å². The average Bonchev–Trinajstić information content (AvgIpc) is 2.66. The maximum absolute atomic E-state index is 5.82. The van der Waals surface area contributed by atoms with Crippen molar-refractivity contribution in [2.75, 3.05) is 18.0 Å². The predicted octanol–water partition coefficient (Wildman–Crippen LogP) is 2.61. The van der Waals surface area contributed by atoms with Crippen LogP contribution in [-0.2, 0) is 0 Å². The van der Waals surface area contributed by atoms with Gasteiger partial charge in [0.2, 0.25) is 0 Å². The Balaban J connectivity index is 2.08. The second kappa shape index (κ2) is 4.35. The topological polar surface area (TPSA) is 29.0 Å². The van der Waals surface area contributed by atoms with Crippen LogP contribution in [0.15, 0.2) is 12.4 Å². The summed E-state index contributed by atoms with van der Waals surface area (Å²) in [7, 11) is 0. The molecule has 2 heterocycles. The van der Waals surface area contributed by atoms with Gasteiger partial charge >= 0.3 is 0 Å². The zero-order chi connectivity index (χ0) is 10.8. The van der Waals surface area contributed by atoms with Crippen molar-refractivity contribution in [2.45, 2.75) is 20.3 Å². The zero-order valence-electron chi connectivity index (χ0n) is 9.15. The van der Waals surface area contributed by atoms with E-state index in [0.717, 1.165) is 30.7 Å². The first-order valence-electron chi connectivity index (χ1n) is 5.39. The van der Waals surface area contributed by atoms with Crippen LogP contribution in [0.2, 0.25) is 5.15 Å². The summed E-state index contributed by atoms with van der Waals surface area (Å²) in [6, 6.07) is 0. The minimum atomic E-state index is 0.473. The molecule has 15 heavy (non-hydrogen) atoms. The van der Waals surface area contributed by atoms with Gasteiger partial charge in [-0.1, -0.05) is 25.4 Å². The molecule has 1 saturated heterocycles. The molecule has 0 N–H and O–H groups in total. The summed E-state index contributed by atoms with van der Waals surface area (Å²) in [6.07, 6.45) is 4.60. The van der Waals surface area contributed by atoms with Crippen molar-refractivity contribution in [2.24, 2.45) is 11.8 Å². The highest BCUT2D eigenvalue weighted by Crippen LogP contribution is 2.27. The van der Waals surface area contributed by atoms with E-state index in [-0.39, 0.29) is 0 Å². The molecule has 0 amide bonds. The van der Waals surface area contributed by atoms with Crippen molar-refractivity contribution in [3.8, 4) is 0 Å². The largest absolute Gasteiger partial charge is 0.355 e. The van der Waals surface area contributed by atoms with Gasteiger partial charge < -0.3 is 4.90 Å². The van der Waals surface area contributed by atoms with Crippen LogP contribution >= 0.6 is 11.6 Å². The van der Waals surface area contributed by atoms with Crippen LogP contribution in [0.5, 0.6) is 0 Å². The highest BCUT2D eigenvalue weighted by Gasteiger charge is 2.25. The lowest BCUT2D eigenvalue weighted by Crippen LogP contribution is -2.22. The summed E-state index contributed by atoms with van der Waals surface area (Å²) in [5, 5.41) is 0.473. The minimum Gasteiger partial charge on any atom is -0.355 e. The number of nitrogens with zero attached hydrogens (tertiary/aromatic N) is 3. The molecule has 1 aliphatic heterocycles. The van der Waals surface area contributed by atoms with Gasteiger partial charge in [-0.3, -0.25) is 4.98 Å². The van der Waals surface area contributed by atoms with Crippen LogP contribution in [0, 0.1) is 11.8 Å². The Hall–Kier alpha value is -0.830. The molecule has 0 aliphatic carbocycles. The van der Waals surface area contributed by atoms with E-state index in [0.29, 0.717) is 5.15 Å². The molecule has 1 aromatic rings. The molecule has 1 fully saturated rings. The Labute approximate surface area is 95.5 Å². The number of anilines is 1. The maximum atomic E-state index is 5.82. The zero-order valence-corrected chi connectivity index (χ0v) is 9.91. The van der Waals surface area contributed by atoms with Crippen LogP contribution in [0.1, 0.15) is 20.3 Å². The monoisotopic (exact) mass is 225 g/mol. The quantitative estimate of drug-likeness (QED) is 0.775. The average molecular weight is 226 g/mol. The molecule has 0 bridgehead atoms. The van der Waals surface area contributed by atoms with Crippen LogP contribution in [0.4, 0.5) is 5.82 Å². The molecule has 1 aromatic heterocycles. The molecule has 3 nitrogen and oxygen atoms in total. The number of halogens is 1. The van der Waals surface area contributed by atoms with E-state index < -0.39 is 0 Å². The molecule has 1 aliphatic rings. The molecular formula is C11H16ClN3. The fourth-order valence-corrected chi connectivity index (χ4v) is 2.17. The molecule has 2 rings (SSSR count). The van der Waals surface area contributed by atoms with Crippen LogP contribution < -0.4 is 4.90 Å². The Kier molecular flexibility index (Phi) is 3.10. The first-order valence-corrected chi connectivity index (χ1v) is 5.77. The van der Waals surface area contributed by atoms with Gasteiger partial charge in [-0.15, -0.1) is 0 Å². The van der Waals surface area contributed by atoms with Gasteiger partial charge in [-0.2, -0.15) is 0 Å². The van der Waals surface area contributed by atoms with Gasteiger partial charge in [-0.25, -0.2) is 4.98 Å². The summed E-state index contributed by atoms with van der Waals surface area (Å²) in [4.78, 5) is 10.6. The van der Waals surface area contributed by atoms with Crippen molar-refractivity contribution in [1.29, 1.82) is 0 Å². The van der Waals surface area contributed by atoms with Gasteiger partial charge in [0, 0.05) is 13.1 Å². The van der Waals surface area contributed by atoms with Crippen molar-refractivity contribution >= 4 is 17.4 Å². The second-order valence-electron chi connectivity index (χ2n) is 4.44. The molecule has 0 spiro atoms. The Morgan fingerprint density at radius 3 is 2.87 bits per heavy atom. The maximum Gasteiger partial charge on any atom is 0.149 e. The summed E-state index contributed by atoms with van der Waals surface area (Å²) in [6.45, 7) is 6.69. The first-order chi connectivity index (χ1) is 7.16. The summed E-state index contributed by atoms with van der Waals surface area (Å²) in [5.74, 6) is 2.42. The minimum absolute atomic E-state index is 0.473. The molecule has 0 aromatic carbocycles. The van der Waals surface area contributed by atoms with Crippen LogP contribution in [0.25, 0.3) is 0 Å². The van der Waals surface area contributed by atoms with E-state index in [4.69, 9.17) is 11.6 Å². The summed E-state index contributed by atoms with van der Waals surface area (Å²) >= 11 is 5.82. The van der Waals surface area contributed by atoms with E-state index in [9.17, 15) is 0 Å². The van der Waals surface area contributed by atoms with E-state index in [2.05, 4.69) is 28.7 Å². The third-order valence-electron chi connectivity index (χ3n) is 3.08. The molecule has 1 atom stereocenters. The number of aromatic nitrogens is 2.